The predicted molar refractivity (Wildman–Crippen MR) is 74.9 cm³/mol. The van der Waals surface area contributed by atoms with Crippen LogP contribution in [-0.2, 0) is 22.0 Å². The average molecular weight is 289 g/mol. The molecule has 0 bridgehead atoms. The minimum Gasteiger partial charge on any atom is -0.383 e. The highest BCUT2D eigenvalue weighted by molar-refractivity contribution is 7.90. The number of hydrogen-bond acceptors (Lipinski definition) is 5. The number of nitrogens with zero attached hydrogens (tertiary/aromatic N) is 1. The number of nitrogen functional groups attached to an aromatic ring is 1. The van der Waals surface area contributed by atoms with Gasteiger partial charge in [0.25, 0.3) is 0 Å². The van der Waals surface area contributed by atoms with E-state index in [-0.39, 0.29) is 17.3 Å². The van der Waals surface area contributed by atoms with Crippen LogP contribution >= 0.6 is 11.3 Å². The largest absolute Gasteiger partial charge is 0.383 e. The lowest BCUT2D eigenvalue weighted by atomic mass is 10.2. The summed E-state index contributed by atoms with van der Waals surface area (Å²) in [6.45, 7) is 3.85. The fraction of sp³-hybridized carbons (Fsp3) is 0.636. The Kier molecular flexibility index (Phi) is 5.28. The Morgan fingerprint density at radius 2 is 2.06 bits per heavy atom. The second-order valence-electron chi connectivity index (χ2n) is 4.14. The van der Waals surface area contributed by atoms with E-state index in [1.165, 1.54) is 11.3 Å². The second-order valence-corrected chi connectivity index (χ2v) is 7.41. The summed E-state index contributed by atoms with van der Waals surface area (Å²) in [5.74, 6) is 0.0933. The van der Waals surface area contributed by atoms with Crippen LogP contribution in [0.3, 0.4) is 0 Å². The molecule has 1 heterocycles. The van der Waals surface area contributed by atoms with E-state index in [4.69, 9.17) is 11.1 Å². The number of amidine groups is 1. The van der Waals surface area contributed by atoms with E-state index in [2.05, 4.69) is 4.98 Å². The van der Waals surface area contributed by atoms with Crippen LogP contribution in [0.5, 0.6) is 0 Å². The zero-order valence-corrected chi connectivity index (χ0v) is 12.3. The molecule has 0 aliphatic rings. The summed E-state index contributed by atoms with van der Waals surface area (Å²) in [5.41, 5.74) is 6.23. The number of rotatable bonds is 7. The highest BCUT2D eigenvalue weighted by atomic mass is 32.2. The summed E-state index contributed by atoms with van der Waals surface area (Å²) in [4.78, 5) is 4.92. The lowest BCUT2D eigenvalue weighted by Crippen LogP contribution is -2.11. The number of nitrogens with one attached hydrogen (secondary N) is 1. The molecule has 0 saturated heterocycles. The summed E-state index contributed by atoms with van der Waals surface area (Å²) in [7, 11) is -3.09. The van der Waals surface area contributed by atoms with Gasteiger partial charge in [0, 0.05) is 0 Å². The maximum atomic E-state index is 11.7. The van der Waals surface area contributed by atoms with Gasteiger partial charge in [-0.05, 0) is 12.8 Å². The normalized spacial score (nSPS) is 11.7. The minimum absolute atomic E-state index is 0.0323. The third-order valence-corrected chi connectivity index (χ3v) is 5.39. The van der Waals surface area contributed by atoms with Gasteiger partial charge < -0.3 is 5.73 Å². The molecule has 1 rings (SSSR count). The highest BCUT2D eigenvalue weighted by Crippen LogP contribution is 2.21. The topological polar surface area (TPSA) is 96.9 Å². The van der Waals surface area contributed by atoms with E-state index in [0.717, 1.165) is 18.5 Å². The van der Waals surface area contributed by atoms with E-state index in [0.29, 0.717) is 16.3 Å². The molecule has 7 heteroatoms. The van der Waals surface area contributed by atoms with E-state index in [9.17, 15) is 8.42 Å². The molecule has 0 radical (unpaired) electrons. The molecule has 0 amide bonds. The molecule has 1 aromatic rings. The van der Waals surface area contributed by atoms with Crippen LogP contribution in [0.4, 0.5) is 0 Å². The Labute approximate surface area is 112 Å². The highest BCUT2D eigenvalue weighted by Gasteiger charge is 2.18. The predicted octanol–water partition coefficient (Wildman–Crippen LogP) is 1.70. The van der Waals surface area contributed by atoms with Gasteiger partial charge in [0.2, 0.25) is 0 Å². The van der Waals surface area contributed by atoms with Crippen molar-refractivity contribution in [1.29, 1.82) is 5.41 Å². The standard InChI is InChI=1S/C11H19N3O2S2/c1-3-5-8-10(11(12)13)17-9(14-8)7-18(15,16)6-4-2/h3-7H2,1-2H3,(H3,12,13). The van der Waals surface area contributed by atoms with E-state index >= 15 is 0 Å². The van der Waals surface area contributed by atoms with Gasteiger partial charge in [-0.1, -0.05) is 20.3 Å². The number of thiazole rings is 1. The van der Waals surface area contributed by atoms with Crippen LogP contribution in [0.1, 0.15) is 42.3 Å². The lowest BCUT2D eigenvalue weighted by molar-refractivity contribution is 0.593. The smallest absolute Gasteiger partial charge is 0.156 e. The van der Waals surface area contributed by atoms with Crippen LogP contribution in [0.15, 0.2) is 0 Å². The van der Waals surface area contributed by atoms with Crippen molar-refractivity contribution in [2.75, 3.05) is 5.75 Å². The molecule has 0 spiro atoms. The summed E-state index contributed by atoms with van der Waals surface area (Å²) >= 11 is 1.22. The molecule has 102 valence electrons. The molecule has 0 unspecified atom stereocenters. The minimum atomic E-state index is -3.09. The summed E-state index contributed by atoms with van der Waals surface area (Å²) in [6.07, 6.45) is 2.22. The quantitative estimate of drug-likeness (QED) is 0.590. The number of nitrogens with two attached hydrogens (primary N) is 1. The maximum Gasteiger partial charge on any atom is 0.156 e. The Bertz CT molecular complexity index is 520. The Morgan fingerprint density at radius 3 is 2.56 bits per heavy atom. The van der Waals surface area contributed by atoms with E-state index in [1.807, 2.05) is 13.8 Å². The maximum absolute atomic E-state index is 11.7. The van der Waals surface area contributed by atoms with Crippen molar-refractivity contribution in [3.63, 3.8) is 0 Å². The van der Waals surface area contributed by atoms with Gasteiger partial charge in [-0.25, -0.2) is 13.4 Å². The van der Waals surface area contributed by atoms with Crippen LogP contribution < -0.4 is 5.73 Å². The fourth-order valence-electron chi connectivity index (χ4n) is 1.65. The van der Waals surface area contributed by atoms with Crippen molar-refractivity contribution in [2.24, 2.45) is 5.73 Å². The van der Waals surface area contributed by atoms with Gasteiger partial charge in [0.05, 0.1) is 16.3 Å². The van der Waals surface area contributed by atoms with Gasteiger partial charge in [0.1, 0.15) is 16.6 Å². The number of aromatic nitrogens is 1. The van der Waals surface area contributed by atoms with Gasteiger partial charge in [-0.15, -0.1) is 11.3 Å². The van der Waals surface area contributed by atoms with E-state index in [1.54, 1.807) is 0 Å². The van der Waals surface area contributed by atoms with Gasteiger partial charge in [-0.2, -0.15) is 0 Å². The zero-order valence-electron chi connectivity index (χ0n) is 10.7. The third-order valence-electron chi connectivity index (χ3n) is 2.33. The molecule has 0 aromatic carbocycles. The second kappa shape index (κ2) is 6.29. The van der Waals surface area contributed by atoms with E-state index < -0.39 is 9.84 Å². The first-order valence-electron chi connectivity index (χ1n) is 5.93. The molecule has 0 fully saturated rings. The summed E-state index contributed by atoms with van der Waals surface area (Å²) in [5, 5.41) is 8.02. The van der Waals surface area contributed by atoms with Crippen LogP contribution in [-0.4, -0.2) is 25.0 Å². The molecular formula is C11H19N3O2S2. The van der Waals surface area contributed by atoms with Gasteiger partial charge >= 0.3 is 0 Å². The van der Waals surface area contributed by atoms with Crippen molar-refractivity contribution in [1.82, 2.24) is 4.98 Å². The van der Waals surface area contributed by atoms with Gasteiger partial charge in [0.15, 0.2) is 9.84 Å². The first kappa shape index (κ1) is 15.1. The van der Waals surface area contributed by atoms with Crippen molar-refractivity contribution < 1.29 is 8.42 Å². The van der Waals surface area contributed by atoms with Crippen LogP contribution in [0.25, 0.3) is 0 Å². The molecule has 5 nitrogen and oxygen atoms in total. The SMILES string of the molecule is CCCc1nc(CS(=O)(=O)CCC)sc1C(=N)N. The fourth-order valence-corrected chi connectivity index (χ4v) is 4.40. The lowest BCUT2D eigenvalue weighted by Gasteiger charge is -1.98. The number of aryl methyl sites for hydroxylation is 1. The number of sulfone groups is 1. The summed E-state index contributed by atoms with van der Waals surface area (Å²) < 4.78 is 23.5. The van der Waals surface area contributed by atoms with Crippen molar-refractivity contribution >= 4 is 27.0 Å². The first-order chi connectivity index (χ1) is 8.39. The van der Waals surface area contributed by atoms with Gasteiger partial charge in [-0.3, -0.25) is 5.41 Å². The molecule has 1 aromatic heterocycles. The zero-order chi connectivity index (χ0) is 13.8. The Balaban J connectivity index is 2.98. The van der Waals surface area contributed by atoms with Crippen LogP contribution in [0, 0.1) is 5.41 Å². The summed E-state index contributed by atoms with van der Waals surface area (Å²) in [6, 6.07) is 0. The van der Waals surface area contributed by atoms with Crippen LogP contribution in [0.2, 0.25) is 0 Å². The molecule has 0 aliphatic carbocycles. The molecule has 0 saturated carbocycles. The molecular weight excluding hydrogens is 270 g/mol. The first-order valence-corrected chi connectivity index (χ1v) is 8.56. The Morgan fingerprint density at radius 1 is 1.39 bits per heavy atom. The van der Waals surface area contributed by atoms with Crippen molar-refractivity contribution in [3.8, 4) is 0 Å². The average Bonchev–Trinajstić information content (AvgIpc) is 2.60. The third kappa shape index (κ3) is 4.06. The number of hydrogen-bond donors (Lipinski definition) is 2. The van der Waals surface area contributed by atoms with Crippen molar-refractivity contribution in [3.05, 3.63) is 15.6 Å². The molecule has 18 heavy (non-hydrogen) atoms. The van der Waals surface area contributed by atoms with Crippen molar-refractivity contribution in [2.45, 2.75) is 38.9 Å². The molecule has 0 atom stereocenters. The monoisotopic (exact) mass is 289 g/mol. The Hall–Kier alpha value is -0.950. The molecule has 0 aliphatic heterocycles. The molecule has 3 N–H and O–H groups in total.